The number of halogens is 1. The molecule has 3 aromatic carbocycles. The summed E-state index contributed by atoms with van der Waals surface area (Å²) in [5, 5.41) is 12.6. The zero-order chi connectivity index (χ0) is 19.9. The zero-order valence-corrected chi connectivity index (χ0v) is 18.1. The number of methoxy groups -OCH3 is 1. The number of rotatable bonds is 9. The largest absolute Gasteiger partial charge is 0.496 e. The van der Waals surface area contributed by atoms with Crippen molar-refractivity contribution in [2.24, 2.45) is 0 Å². The summed E-state index contributed by atoms with van der Waals surface area (Å²) in [6.07, 6.45) is -0.577. The molecule has 3 rings (SSSR count). The van der Waals surface area contributed by atoms with Crippen LogP contribution in [-0.2, 0) is 6.54 Å². The van der Waals surface area contributed by atoms with Gasteiger partial charge in [-0.1, -0.05) is 54.6 Å². The van der Waals surface area contributed by atoms with Crippen LogP contribution in [0.5, 0.6) is 11.5 Å². The Balaban J connectivity index is 0.00000300. The van der Waals surface area contributed by atoms with Crippen molar-refractivity contribution < 1.29 is 14.6 Å². The van der Waals surface area contributed by atoms with Crippen LogP contribution in [0.15, 0.2) is 66.7 Å². The Hall–Kier alpha value is -2.27. The highest BCUT2D eigenvalue weighted by Gasteiger charge is 2.16. The van der Waals surface area contributed by atoms with Gasteiger partial charge in [-0.25, -0.2) is 0 Å². The molecule has 5 heteroatoms. The van der Waals surface area contributed by atoms with E-state index in [-0.39, 0.29) is 19.0 Å². The van der Waals surface area contributed by atoms with Gasteiger partial charge in [-0.15, -0.1) is 12.4 Å². The van der Waals surface area contributed by atoms with Crippen LogP contribution in [0, 0.1) is 0 Å². The number of nitrogens with zero attached hydrogens (tertiary/aromatic N) is 1. The van der Waals surface area contributed by atoms with Crippen LogP contribution in [0.3, 0.4) is 0 Å². The lowest BCUT2D eigenvalue weighted by atomic mass is 10.1. The first-order valence-electron chi connectivity index (χ1n) is 9.73. The van der Waals surface area contributed by atoms with Crippen LogP contribution < -0.4 is 9.47 Å². The maximum absolute atomic E-state index is 10.6. The lowest BCUT2D eigenvalue weighted by Crippen LogP contribution is -2.39. The van der Waals surface area contributed by atoms with Gasteiger partial charge < -0.3 is 14.6 Å². The van der Waals surface area contributed by atoms with Gasteiger partial charge in [0, 0.05) is 29.9 Å². The fraction of sp³-hybridized carbons (Fsp3) is 0.333. The molecular formula is C24H30ClNO3. The number of benzene rings is 3. The third-order valence-corrected chi connectivity index (χ3v) is 4.90. The second-order valence-corrected chi connectivity index (χ2v) is 7.29. The molecule has 0 aromatic heterocycles. The molecule has 1 atom stereocenters. The zero-order valence-electron chi connectivity index (χ0n) is 17.2. The predicted octanol–water partition coefficient (Wildman–Crippen LogP) is 4.92. The van der Waals surface area contributed by atoms with Crippen molar-refractivity contribution in [1.29, 1.82) is 0 Å². The van der Waals surface area contributed by atoms with Crippen molar-refractivity contribution in [2.75, 3.05) is 20.3 Å². The molecule has 1 N–H and O–H groups in total. The molecule has 0 aliphatic rings. The number of hydrogen-bond donors (Lipinski definition) is 1. The molecule has 0 radical (unpaired) electrons. The average Bonchev–Trinajstić information content (AvgIpc) is 2.72. The van der Waals surface area contributed by atoms with Gasteiger partial charge in [0.1, 0.15) is 24.2 Å². The number of hydrogen-bond acceptors (Lipinski definition) is 4. The summed E-state index contributed by atoms with van der Waals surface area (Å²) in [6.45, 7) is 5.90. The molecule has 29 heavy (non-hydrogen) atoms. The Morgan fingerprint density at radius 3 is 2.07 bits per heavy atom. The maximum atomic E-state index is 10.6. The van der Waals surface area contributed by atoms with Crippen molar-refractivity contribution in [2.45, 2.75) is 32.5 Å². The van der Waals surface area contributed by atoms with Crippen LogP contribution in [0.2, 0.25) is 0 Å². The van der Waals surface area contributed by atoms with Gasteiger partial charge in [-0.05, 0) is 31.5 Å². The van der Waals surface area contributed by atoms with Gasteiger partial charge in [0.05, 0.1) is 7.11 Å². The van der Waals surface area contributed by atoms with Crippen molar-refractivity contribution in [3.05, 3.63) is 72.3 Å². The van der Waals surface area contributed by atoms with E-state index < -0.39 is 6.10 Å². The number of fused-ring (bicyclic) bond motifs is 1. The molecule has 0 aliphatic heterocycles. The fourth-order valence-corrected chi connectivity index (χ4v) is 3.33. The number of ether oxygens (including phenoxy) is 2. The minimum Gasteiger partial charge on any atom is -0.496 e. The van der Waals surface area contributed by atoms with Crippen LogP contribution >= 0.6 is 12.4 Å². The lowest BCUT2D eigenvalue weighted by Gasteiger charge is -2.29. The van der Waals surface area contributed by atoms with Gasteiger partial charge in [0.25, 0.3) is 0 Å². The van der Waals surface area contributed by atoms with E-state index in [0.717, 1.165) is 28.8 Å². The van der Waals surface area contributed by atoms with Crippen LogP contribution in [0.1, 0.15) is 19.4 Å². The summed E-state index contributed by atoms with van der Waals surface area (Å²) < 4.78 is 11.4. The molecule has 0 bridgehead atoms. The van der Waals surface area contributed by atoms with Crippen LogP contribution in [-0.4, -0.2) is 42.4 Å². The molecule has 1 unspecified atom stereocenters. The van der Waals surface area contributed by atoms with E-state index >= 15 is 0 Å². The quantitative estimate of drug-likeness (QED) is 0.538. The molecule has 0 heterocycles. The van der Waals surface area contributed by atoms with Crippen LogP contribution in [0.4, 0.5) is 0 Å². The smallest absolute Gasteiger partial charge is 0.127 e. The lowest BCUT2D eigenvalue weighted by molar-refractivity contribution is 0.0547. The predicted molar refractivity (Wildman–Crippen MR) is 121 cm³/mol. The van der Waals surface area contributed by atoms with Gasteiger partial charge >= 0.3 is 0 Å². The normalized spacial score (nSPS) is 12.1. The Morgan fingerprint density at radius 1 is 0.862 bits per heavy atom. The van der Waals surface area contributed by atoms with Crippen molar-refractivity contribution in [3.8, 4) is 11.5 Å². The standard InChI is InChI=1S/C24H29NO3.ClH/c1-18(2)25(15-19-9-5-4-6-10-19)16-20(26)17-28-24-14-13-23(27-3)21-11-7-8-12-22(21)24;/h4-14,18,20,26H,15-17H2,1-3H3;1H. The van der Waals surface area contributed by atoms with E-state index in [9.17, 15) is 5.11 Å². The summed E-state index contributed by atoms with van der Waals surface area (Å²) in [4.78, 5) is 2.26. The molecule has 0 saturated carbocycles. The summed E-state index contributed by atoms with van der Waals surface area (Å²) in [5.41, 5.74) is 1.24. The molecule has 0 saturated heterocycles. The molecule has 156 valence electrons. The van der Waals surface area contributed by atoms with E-state index in [1.165, 1.54) is 5.56 Å². The van der Waals surface area contributed by atoms with Gasteiger partial charge in [0.2, 0.25) is 0 Å². The van der Waals surface area contributed by atoms with Gasteiger partial charge in [0.15, 0.2) is 0 Å². The monoisotopic (exact) mass is 415 g/mol. The number of aliphatic hydroxyl groups excluding tert-OH is 1. The van der Waals surface area contributed by atoms with E-state index in [1.54, 1.807) is 7.11 Å². The summed E-state index contributed by atoms with van der Waals surface area (Å²) in [7, 11) is 1.67. The molecule has 0 aliphatic carbocycles. The van der Waals surface area contributed by atoms with Gasteiger partial charge in [-0.3, -0.25) is 4.90 Å². The average molecular weight is 416 g/mol. The van der Waals surface area contributed by atoms with Crippen molar-refractivity contribution >= 4 is 23.2 Å². The minimum atomic E-state index is -0.577. The van der Waals surface area contributed by atoms with Crippen LogP contribution in [0.25, 0.3) is 10.8 Å². The molecular weight excluding hydrogens is 386 g/mol. The summed E-state index contributed by atoms with van der Waals surface area (Å²) in [6, 6.07) is 22.4. The highest BCUT2D eigenvalue weighted by molar-refractivity contribution is 5.93. The fourth-order valence-electron chi connectivity index (χ4n) is 3.33. The second kappa shape index (κ2) is 11.1. The molecule has 0 amide bonds. The maximum Gasteiger partial charge on any atom is 0.127 e. The van der Waals surface area contributed by atoms with E-state index in [1.807, 2.05) is 54.6 Å². The minimum absolute atomic E-state index is 0. The Kier molecular flexibility index (Phi) is 8.77. The summed E-state index contributed by atoms with van der Waals surface area (Å²) in [5.74, 6) is 1.58. The van der Waals surface area contributed by atoms with Crippen molar-refractivity contribution in [1.82, 2.24) is 4.90 Å². The first-order valence-corrected chi connectivity index (χ1v) is 9.73. The third-order valence-electron chi connectivity index (χ3n) is 4.90. The Bertz CT molecular complexity index is 886. The highest BCUT2D eigenvalue weighted by Crippen LogP contribution is 2.32. The molecule has 0 spiro atoms. The van der Waals surface area contributed by atoms with Gasteiger partial charge in [-0.2, -0.15) is 0 Å². The Labute approximate surface area is 179 Å². The summed E-state index contributed by atoms with van der Waals surface area (Å²) >= 11 is 0. The SMILES string of the molecule is COc1ccc(OCC(O)CN(Cc2ccccc2)C(C)C)c2ccccc12.Cl. The second-order valence-electron chi connectivity index (χ2n) is 7.29. The molecule has 0 fully saturated rings. The first-order chi connectivity index (χ1) is 13.6. The Morgan fingerprint density at radius 2 is 1.45 bits per heavy atom. The highest BCUT2D eigenvalue weighted by atomic mass is 35.5. The topological polar surface area (TPSA) is 41.9 Å². The van der Waals surface area contributed by atoms with E-state index in [0.29, 0.717) is 12.6 Å². The van der Waals surface area contributed by atoms with Crippen molar-refractivity contribution in [3.63, 3.8) is 0 Å². The molecule has 4 nitrogen and oxygen atoms in total. The third kappa shape index (κ3) is 6.10. The first kappa shape index (κ1) is 23.0. The van der Waals surface area contributed by atoms with E-state index in [4.69, 9.17) is 9.47 Å². The van der Waals surface area contributed by atoms with E-state index in [2.05, 4.69) is 30.9 Å². The molecule has 3 aromatic rings. The number of aliphatic hydroxyl groups is 1.